The van der Waals surface area contributed by atoms with Crippen molar-refractivity contribution in [3.05, 3.63) is 0 Å². The molecule has 0 saturated carbocycles. The Labute approximate surface area is 160 Å². The van der Waals surface area contributed by atoms with Gasteiger partial charge in [0.05, 0.1) is 12.2 Å². The monoisotopic (exact) mass is 354 g/mol. The van der Waals surface area contributed by atoms with E-state index in [1.165, 1.54) is 64.2 Å². The van der Waals surface area contributed by atoms with Gasteiger partial charge in [0.1, 0.15) is 0 Å². The molecule has 0 N–H and O–H groups in total. The molecule has 152 valence electrons. The van der Waals surface area contributed by atoms with Crippen molar-refractivity contribution in [1.29, 1.82) is 0 Å². The van der Waals surface area contributed by atoms with Gasteiger partial charge in [0.15, 0.2) is 0 Å². The number of ether oxygens (including phenoxy) is 1. The quantitative estimate of drug-likeness (QED) is 0.271. The first-order valence-electron chi connectivity index (χ1n) is 11.4. The summed E-state index contributed by atoms with van der Waals surface area (Å²) in [6.45, 7) is 18.8. The molecule has 0 radical (unpaired) electrons. The maximum atomic E-state index is 6.76. The molecule has 0 aliphatic rings. The maximum Gasteiger partial charge on any atom is 0.0581 e. The van der Waals surface area contributed by atoms with E-state index in [2.05, 4.69) is 55.4 Å². The summed E-state index contributed by atoms with van der Waals surface area (Å²) in [7, 11) is 0. The van der Waals surface area contributed by atoms with Gasteiger partial charge in [-0.05, 0) is 49.4 Å². The first-order chi connectivity index (χ1) is 11.8. The fourth-order valence-corrected chi connectivity index (χ4v) is 3.49. The van der Waals surface area contributed by atoms with Crippen LogP contribution in [0.3, 0.4) is 0 Å². The summed E-state index contributed by atoms with van der Waals surface area (Å²) in [4.78, 5) is 0. The van der Waals surface area contributed by atoms with Crippen LogP contribution in [-0.4, -0.2) is 12.2 Å². The summed E-state index contributed by atoms with van der Waals surface area (Å²) >= 11 is 0. The molecule has 0 bridgehead atoms. The van der Waals surface area contributed by atoms with Gasteiger partial charge in [0.2, 0.25) is 0 Å². The minimum Gasteiger partial charge on any atom is -0.375 e. The van der Waals surface area contributed by atoms with Crippen LogP contribution in [0.5, 0.6) is 0 Å². The van der Waals surface area contributed by atoms with Crippen molar-refractivity contribution in [3.63, 3.8) is 0 Å². The SMILES string of the molecule is CCC(C)CC(CCCC(C)C)OC(CCCC(C)C)CC(C)CC. The largest absolute Gasteiger partial charge is 0.375 e. The van der Waals surface area contributed by atoms with E-state index in [1.54, 1.807) is 0 Å². The molecule has 0 rings (SSSR count). The Kier molecular flexibility index (Phi) is 15.0. The average Bonchev–Trinajstić information content (AvgIpc) is 2.53. The highest BCUT2D eigenvalue weighted by Crippen LogP contribution is 2.25. The van der Waals surface area contributed by atoms with Gasteiger partial charge < -0.3 is 4.74 Å². The molecule has 0 aromatic heterocycles. The first kappa shape index (κ1) is 25.0. The Morgan fingerprint density at radius 2 is 0.920 bits per heavy atom. The molecule has 0 spiro atoms. The first-order valence-corrected chi connectivity index (χ1v) is 11.4. The van der Waals surface area contributed by atoms with E-state index >= 15 is 0 Å². The molecule has 0 aromatic carbocycles. The Morgan fingerprint density at radius 3 is 1.20 bits per heavy atom. The fraction of sp³-hybridized carbons (Fsp3) is 1.00. The lowest BCUT2D eigenvalue weighted by atomic mass is 9.93. The summed E-state index contributed by atoms with van der Waals surface area (Å²) in [6, 6.07) is 0. The molecule has 0 aromatic rings. The summed E-state index contributed by atoms with van der Waals surface area (Å²) in [5.74, 6) is 3.19. The van der Waals surface area contributed by atoms with Crippen LogP contribution in [0.25, 0.3) is 0 Å². The summed E-state index contributed by atoms with van der Waals surface area (Å²) in [5, 5.41) is 0. The fourth-order valence-electron chi connectivity index (χ4n) is 3.49. The highest BCUT2D eigenvalue weighted by molar-refractivity contribution is 4.70. The van der Waals surface area contributed by atoms with Crippen LogP contribution in [0.15, 0.2) is 0 Å². The molecule has 1 nitrogen and oxygen atoms in total. The van der Waals surface area contributed by atoms with Gasteiger partial charge in [-0.2, -0.15) is 0 Å². The second-order valence-electron chi connectivity index (χ2n) is 9.53. The molecular formula is C24H50O. The predicted octanol–water partition coefficient (Wildman–Crippen LogP) is 8.27. The van der Waals surface area contributed by atoms with Crippen molar-refractivity contribution in [2.45, 2.75) is 132 Å². The topological polar surface area (TPSA) is 9.23 Å². The van der Waals surface area contributed by atoms with E-state index in [0.717, 1.165) is 23.7 Å². The van der Waals surface area contributed by atoms with Gasteiger partial charge >= 0.3 is 0 Å². The summed E-state index contributed by atoms with van der Waals surface area (Å²) < 4.78 is 6.76. The lowest BCUT2D eigenvalue weighted by Gasteiger charge is -2.29. The van der Waals surface area contributed by atoms with E-state index in [1.807, 2.05) is 0 Å². The second-order valence-corrected chi connectivity index (χ2v) is 9.53. The molecule has 0 fully saturated rings. The Hall–Kier alpha value is -0.0400. The van der Waals surface area contributed by atoms with Crippen molar-refractivity contribution in [1.82, 2.24) is 0 Å². The van der Waals surface area contributed by atoms with Crippen LogP contribution in [0.1, 0.15) is 120 Å². The van der Waals surface area contributed by atoms with Crippen molar-refractivity contribution in [3.8, 4) is 0 Å². The molecule has 0 aliphatic heterocycles. The molecule has 0 saturated heterocycles. The third-order valence-electron chi connectivity index (χ3n) is 5.72. The highest BCUT2D eigenvalue weighted by Gasteiger charge is 2.20. The standard InChI is InChI=1S/C24H50O/c1-9-21(7)17-23(15-11-13-19(3)4)25-24(18-22(8)10-2)16-12-14-20(5)6/h19-24H,9-18H2,1-8H3. The van der Waals surface area contributed by atoms with Gasteiger partial charge in [-0.25, -0.2) is 0 Å². The molecular weight excluding hydrogens is 304 g/mol. The van der Waals surface area contributed by atoms with Crippen LogP contribution in [0.4, 0.5) is 0 Å². The number of hydrogen-bond donors (Lipinski definition) is 0. The Morgan fingerprint density at radius 1 is 0.560 bits per heavy atom. The molecule has 0 aliphatic carbocycles. The molecule has 0 amide bonds. The highest BCUT2D eigenvalue weighted by atomic mass is 16.5. The van der Waals surface area contributed by atoms with Crippen molar-refractivity contribution < 1.29 is 4.74 Å². The molecule has 1 heteroatoms. The van der Waals surface area contributed by atoms with Crippen LogP contribution in [-0.2, 0) is 4.74 Å². The molecule has 25 heavy (non-hydrogen) atoms. The minimum absolute atomic E-state index is 0.474. The number of rotatable bonds is 16. The Bertz CT molecular complexity index is 256. The van der Waals surface area contributed by atoms with Gasteiger partial charge in [-0.1, -0.05) is 93.9 Å². The van der Waals surface area contributed by atoms with Crippen molar-refractivity contribution in [2.75, 3.05) is 0 Å². The van der Waals surface area contributed by atoms with E-state index in [0.29, 0.717) is 12.2 Å². The van der Waals surface area contributed by atoms with Crippen LogP contribution < -0.4 is 0 Å². The third kappa shape index (κ3) is 14.8. The summed E-state index contributed by atoms with van der Waals surface area (Å²) in [6.07, 6.45) is 13.8. The zero-order valence-electron chi connectivity index (χ0n) is 18.9. The van der Waals surface area contributed by atoms with Crippen molar-refractivity contribution in [2.24, 2.45) is 23.7 Å². The molecule has 4 unspecified atom stereocenters. The molecule has 0 heterocycles. The van der Waals surface area contributed by atoms with E-state index in [9.17, 15) is 0 Å². The van der Waals surface area contributed by atoms with E-state index < -0.39 is 0 Å². The van der Waals surface area contributed by atoms with Gasteiger partial charge in [0, 0.05) is 0 Å². The maximum absolute atomic E-state index is 6.76. The molecule has 4 atom stereocenters. The lowest BCUT2D eigenvalue weighted by Crippen LogP contribution is -2.26. The van der Waals surface area contributed by atoms with Crippen LogP contribution in [0.2, 0.25) is 0 Å². The second kappa shape index (κ2) is 15.1. The number of hydrogen-bond acceptors (Lipinski definition) is 1. The summed E-state index contributed by atoms with van der Waals surface area (Å²) in [5.41, 5.74) is 0. The third-order valence-corrected chi connectivity index (χ3v) is 5.72. The zero-order chi connectivity index (χ0) is 19.2. The lowest BCUT2D eigenvalue weighted by molar-refractivity contribution is -0.0431. The van der Waals surface area contributed by atoms with Crippen LogP contribution >= 0.6 is 0 Å². The zero-order valence-corrected chi connectivity index (χ0v) is 18.9. The van der Waals surface area contributed by atoms with Crippen molar-refractivity contribution >= 4 is 0 Å². The normalized spacial score (nSPS) is 17.0. The van der Waals surface area contributed by atoms with Gasteiger partial charge in [-0.3, -0.25) is 0 Å². The average molecular weight is 355 g/mol. The smallest absolute Gasteiger partial charge is 0.0581 e. The minimum atomic E-state index is 0.474. The van der Waals surface area contributed by atoms with E-state index in [4.69, 9.17) is 4.74 Å². The predicted molar refractivity (Wildman–Crippen MR) is 114 cm³/mol. The van der Waals surface area contributed by atoms with Crippen LogP contribution in [0, 0.1) is 23.7 Å². The van der Waals surface area contributed by atoms with Gasteiger partial charge in [-0.15, -0.1) is 0 Å². The van der Waals surface area contributed by atoms with E-state index in [-0.39, 0.29) is 0 Å². The van der Waals surface area contributed by atoms with Gasteiger partial charge in [0.25, 0.3) is 0 Å². The Balaban J connectivity index is 4.68.